The summed E-state index contributed by atoms with van der Waals surface area (Å²) in [5.74, 6) is 0.899. The number of nitrogens with zero attached hydrogens (tertiary/aromatic N) is 4. The molecule has 0 radical (unpaired) electrons. The van der Waals surface area contributed by atoms with Crippen molar-refractivity contribution in [2.24, 2.45) is 0 Å². The molecular formula is C21H21N5OS. The first-order chi connectivity index (χ1) is 13.8. The molecule has 28 heavy (non-hydrogen) atoms. The lowest BCUT2D eigenvalue weighted by Crippen LogP contribution is -2.30. The van der Waals surface area contributed by atoms with Gasteiger partial charge in [0.25, 0.3) is 0 Å². The minimum absolute atomic E-state index is 0.0505. The van der Waals surface area contributed by atoms with E-state index in [2.05, 4.69) is 25.1 Å². The van der Waals surface area contributed by atoms with Crippen molar-refractivity contribution in [3.05, 3.63) is 60.4 Å². The Morgan fingerprint density at radius 1 is 1.04 bits per heavy atom. The summed E-state index contributed by atoms with van der Waals surface area (Å²) in [6, 6.07) is 14.6. The molecule has 2 heterocycles. The monoisotopic (exact) mass is 391 g/mol. The Labute approximate surface area is 167 Å². The van der Waals surface area contributed by atoms with Crippen LogP contribution in [0.3, 0.4) is 0 Å². The van der Waals surface area contributed by atoms with E-state index in [0.29, 0.717) is 12.1 Å². The Balaban J connectivity index is 1.49. The van der Waals surface area contributed by atoms with Gasteiger partial charge in [0.2, 0.25) is 5.91 Å². The fourth-order valence-corrected chi connectivity index (χ4v) is 4.34. The van der Waals surface area contributed by atoms with Crippen LogP contribution in [0.2, 0.25) is 0 Å². The molecule has 2 aliphatic rings. The molecule has 2 aromatic heterocycles. The first-order valence-corrected chi connectivity index (χ1v) is 10.5. The van der Waals surface area contributed by atoms with Crippen molar-refractivity contribution in [3.63, 3.8) is 0 Å². The summed E-state index contributed by atoms with van der Waals surface area (Å²) in [5.41, 5.74) is 1.99. The highest BCUT2D eigenvalue weighted by molar-refractivity contribution is 8.00. The van der Waals surface area contributed by atoms with E-state index >= 15 is 0 Å². The molecule has 2 aliphatic carbocycles. The molecule has 1 aromatic carbocycles. The molecular weight excluding hydrogens is 370 g/mol. The number of amides is 1. The van der Waals surface area contributed by atoms with Gasteiger partial charge in [0.15, 0.2) is 11.0 Å². The summed E-state index contributed by atoms with van der Waals surface area (Å²) in [6.45, 7) is 0. The second kappa shape index (κ2) is 7.39. The Morgan fingerprint density at radius 2 is 1.79 bits per heavy atom. The number of carbonyl (C=O) groups excluding carboxylic acids is 1. The van der Waals surface area contributed by atoms with E-state index < -0.39 is 0 Å². The van der Waals surface area contributed by atoms with Crippen LogP contribution in [0.1, 0.15) is 42.5 Å². The van der Waals surface area contributed by atoms with Gasteiger partial charge in [-0.15, -0.1) is 10.2 Å². The summed E-state index contributed by atoms with van der Waals surface area (Å²) in [6.07, 6.45) is 7.92. The van der Waals surface area contributed by atoms with Crippen molar-refractivity contribution < 1.29 is 4.79 Å². The summed E-state index contributed by atoms with van der Waals surface area (Å²) < 4.78 is 2.19. The second-order valence-corrected chi connectivity index (χ2v) is 8.41. The van der Waals surface area contributed by atoms with Crippen LogP contribution in [-0.2, 0) is 4.79 Å². The third-order valence-electron chi connectivity index (χ3n) is 5.00. The van der Waals surface area contributed by atoms with Crippen molar-refractivity contribution in [1.29, 1.82) is 0 Å². The molecule has 3 aromatic rings. The van der Waals surface area contributed by atoms with Gasteiger partial charge in [0.1, 0.15) is 5.25 Å². The van der Waals surface area contributed by atoms with Crippen LogP contribution < -0.4 is 5.32 Å². The lowest BCUT2D eigenvalue weighted by atomic mass is 10.1. The minimum Gasteiger partial charge on any atom is -0.352 e. The van der Waals surface area contributed by atoms with Crippen LogP contribution in [0, 0.1) is 0 Å². The third-order valence-corrected chi connectivity index (χ3v) is 6.21. The first-order valence-electron chi connectivity index (χ1n) is 9.67. The molecule has 0 bridgehead atoms. The van der Waals surface area contributed by atoms with Crippen LogP contribution in [0.4, 0.5) is 0 Å². The number of hydrogen-bond donors (Lipinski definition) is 1. The summed E-state index contributed by atoms with van der Waals surface area (Å²) in [4.78, 5) is 17.1. The van der Waals surface area contributed by atoms with Crippen LogP contribution in [-0.4, -0.2) is 31.7 Å². The number of aromatic nitrogens is 4. The molecule has 1 amide bonds. The maximum Gasteiger partial charge on any atom is 0.238 e. The van der Waals surface area contributed by atoms with Crippen molar-refractivity contribution >= 4 is 17.7 Å². The Bertz CT molecular complexity index is 967. The van der Waals surface area contributed by atoms with E-state index in [1.807, 2.05) is 42.5 Å². The topological polar surface area (TPSA) is 72.7 Å². The molecule has 1 atom stereocenters. The molecule has 0 saturated heterocycles. The van der Waals surface area contributed by atoms with Crippen LogP contribution in [0.5, 0.6) is 0 Å². The predicted molar refractivity (Wildman–Crippen MR) is 108 cm³/mol. The maximum absolute atomic E-state index is 13.0. The van der Waals surface area contributed by atoms with Gasteiger partial charge < -0.3 is 5.32 Å². The number of hydrogen-bond acceptors (Lipinski definition) is 5. The van der Waals surface area contributed by atoms with Crippen molar-refractivity contribution in [1.82, 2.24) is 25.1 Å². The molecule has 2 fully saturated rings. The number of carbonyl (C=O) groups is 1. The fourth-order valence-electron chi connectivity index (χ4n) is 3.23. The Kier molecular flexibility index (Phi) is 4.60. The smallest absolute Gasteiger partial charge is 0.238 e. The largest absolute Gasteiger partial charge is 0.352 e. The van der Waals surface area contributed by atoms with Crippen LogP contribution in [0.15, 0.2) is 60.0 Å². The van der Waals surface area contributed by atoms with Gasteiger partial charge in [-0.1, -0.05) is 42.1 Å². The van der Waals surface area contributed by atoms with Crippen molar-refractivity contribution in [3.8, 4) is 11.4 Å². The van der Waals surface area contributed by atoms with Gasteiger partial charge in [-0.05, 0) is 43.4 Å². The Morgan fingerprint density at radius 3 is 2.46 bits per heavy atom. The van der Waals surface area contributed by atoms with Crippen molar-refractivity contribution in [2.75, 3.05) is 0 Å². The molecule has 1 N–H and O–H groups in total. The molecule has 7 heteroatoms. The fraction of sp³-hybridized carbons (Fsp3) is 0.333. The van der Waals surface area contributed by atoms with E-state index in [9.17, 15) is 4.79 Å². The summed E-state index contributed by atoms with van der Waals surface area (Å²) in [5, 5.41) is 12.5. The average molecular weight is 392 g/mol. The normalized spacial score (nSPS) is 17.3. The molecule has 0 aliphatic heterocycles. The minimum atomic E-state index is -0.339. The lowest BCUT2D eigenvalue weighted by Gasteiger charge is -2.17. The van der Waals surface area contributed by atoms with Gasteiger partial charge in [-0.3, -0.25) is 14.3 Å². The zero-order valence-electron chi connectivity index (χ0n) is 15.4. The van der Waals surface area contributed by atoms with Gasteiger partial charge in [-0.25, -0.2) is 0 Å². The molecule has 2 saturated carbocycles. The zero-order chi connectivity index (χ0) is 18.9. The number of rotatable bonds is 7. The summed E-state index contributed by atoms with van der Waals surface area (Å²) in [7, 11) is 0. The third kappa shape index (κ3) is 3.67. The van der Waals surface area contributed by atoms with Gasteiger partial charge >= 0.3 is 0 Å². The molecule has 142 valence electrons. The van der Waals surface area contributed by atoms with Gasteiger partial charge in [0, 0.05) is 30.0 Å². The van der Waals surface area contributed by atoms with Gasteiger partial charge in [-0.2, -0.15) is 0 Å². The zero-order valence-corrected chi connectivity index (χ0v) is 16.2. The molecule has 6 nitrogen and oxygen atoms in total. The SMILES string of the molecule is O=C(NC1CC1)[C@@H](Sc1nnc(-c2ccncc2)n1C1CC1)c1ccccc1. The summed E-state index contributed by atoms with van der Waals surface area (Å²) >= 11 is 1.49. The van der Waals surface area contributed by atoms with Crippen molar-refractivity contribution in [2.45, 2.75) is 48.2 Å². The number of benzene rings is 1. The second-order valence-electron chi connectivity index (χ2n) is 7.33. The molecule has 0 spiro atoms. The number of pyridine rings is 1. The number of thioether (sulfide) groups is 1. The quantitative estimate of drug-likeness (QED) is 0.621. The van der Waals surface area contributed by atoms with Crippen LogP contribution in [0.25, 0.3) is 11.4 Å². The van der Waals surface area contributed by atoms with E-state index in [1.165, 1.54) is 11.8 Å². The van der Waals surface area contributed by atoms with Gasteiger partial charge in [0.05, 0.1) is 0 Å². The average Bonchev–Trinajstić information content (AvgIpc) is 3.67. The lowest BCUT2D eigenvalue weighted by molar-refractivity contribution is -0.120. The highest BCUT2D eigenvalue weighted by atomic mass is 32.2. The maximum atomic E-state index is 13.0. The first kappa shape index (κ1) is 17.4. The standard InChI is InChI=1S/C21H21N5OS/c27-20(23-16-6-7-16)18(14-4-2-1-3-5-14)28-21-25-24-19(26(21)17-8-9-17)15-10-12-22-13-11-15/h1-5,10-13,16-18H,6-9H2,(H,23,27)/t18-/m0/s1. The van der Waals surface area contributed by atoms with E-state index in [4.69, 9.17) is 0 Å². The predicted octanol–water partition coefficient (Wildman–Crippen LogP) is 3.79. The molecule has 0 unspecified atom stereocenters. The Hall–Kier alpha value is -2.67. The van der Waals surface area contributed by atoms with E-state index in [0.717, 1.165) is 47.8 Å². The van der Waals surface area contributed by atoms with Crippen LogP contribution >= 0.6 is 11.8 Å². The number of nitrogens with one attached hydrogen (secondary N) is 1. The highest BCUT2D eigenvalue weighted by Gasteiger charge is 2.34. The molecule has 5 rings (SSSR count). The van der Waals surface area contributed by atoms with E-state index in [1.54, 1.807) is 12.4 Å². The van der Waals surface area contributed by atoms with E-state index in [-0.39, 0.29) is 11.2 Å². The highest BCUT2D eigenvalue weighted by Crippen LogP contribution is 2.44.